The summed E-state index contributed by atoms with van der Waals surface area (Å²) >= 11 is 0. The van der Waals surface area contributed by atoms with Gasteiger partial charge in [-0.2, -0.15) is 4.31 Å². The van der Waals surface area contributed by atoms with Gasteiger partial charge in [0.05, 0.1) is 0 Å². The van der Waals surface area contributed by atoms with Crippen molar-refractivity contribution in [1.82, 2.24) is 0 Å². The standard InChI is InChI=1S/C7H10O6P2S2/c8-14(9,10)13-15(11,12)17-16-6-7-4-2-1-3-5-7/h1-5H,6H2,(H,11,12)(H2,8,9,10). The summed E-state index contributed by atoms with van der Waals surface area (Å²) in [7, 11) is -3.54. The molecule has 1 aromatic carbocycles. The maximum atomic E-state index is 11.2. The van der Waals surface area contributed by atoms with E-state index in [1.807, 2.05) is 30.3 Å². The van der Waals surface area contributed by atoms with Crippen LogP contribution in [0.2, 0.25) is 0 Å². The first-order chi connectivity index (χ1) is 7.79. The second kappa shape index (κ2) is 6.41. The molecule has 6 nitrogen and oxygen atoms in total. The molecule has 0 aliphatic heterocycles. The van der Waals surface area contributed by atoms with E-state index >= 15 is 0 Å². The van der Waals surface area contributed by atoms with E-state index < -0.39 is 14.6 Å². The van der Waals surface area contributed by atoms with Crippen molar-refractivity contribution < 1.29 is 28.1 Å². The maximum absolute atomic E-state index is 11.2. The topological polar surface area (TPSA) is 104 Å². The average Bonchev–Trinajstić information content (AvgIpc) is 2.15. The highest BCUT2D eigenvalue weighted by Gasteiger charge is 2.31. The molecule has 0 saturated carbocycles. The average molecular weight is 316 g/mol. The van der Waals surface area contributed by atoms with Crippen molar-refractivity contribution in [3.63, 3.8) is 0 Å². The first-order valence-electron chi connectivity index (χ1n) is 4.23. The Morgan fingerprint density at radius 3 is 2.24 bits per heavy atom. The first kappa shape index (κ1) is 15.3. The molecule has 0 saturated heterocycles. The van der Waals surface area contributed by atoms with Crippen molar-refractivity contribution in [1.29, 1.82) is 0 Å². The minimum Gasteiger partial charge on any atom is -0.316 e. The van der Waals surface area contributed by atoms with Gasteiger partial charge in [0.25, 0.3) is 0 Å². The molecule has 0 fully saturated rings. The lowest BCUT2D eigenvalue weighted by molar-refractivity contribution is 0.271. The Balaban J connectivity index is 2.41. The number of hydrogen-bond acceptors (Lipinski definition) is 5. The van der Waals surface area contributed by atoms with E-state index in [-0.39, 0.29) is 0 Å². The van der Waals surface area contributed by atoms with Crippen LogP contribution in [0, 0.1) is 0 Å². The summed E-state index contributed by atoms with van der Waals surface area (Å²) in [5, 5.41) is 0. The van der Waals surface area contributed by atoms with E-state index in [2.05, 4.69) is 4.31 Å². The van der Waals surface area contributed by atoms with Crippen molar-refractivity contribution in [2.75, 3.05) is 0 Å². The molecule has 0 radical (unpaired) electrons. The van der Waals surface area contributed by atoms with Gasteiger partial charge in [0.15, 0.2) is 0 Å². The summed E-state index contributed by atoms with van der Waals surface area (Å²) in [4.78, 5) is 25.9. The van der Waals surface area contributed by atoms with E-state index in [9.17, 15) is 9.13 Å². The Labute approximate surface area is 106 Å². The van der Waals surface area contributed by atoms with Crippen LogP contribution in [0.25, 0.3) is 0 Å². The molecule has 0 heterocycles. The van der Waals surface area contributed by atoms with Crippen molar-refractivity contribution in [2.24, 2.45) is 0 Å². The quantitative estimate of drug-likeness (QED) is 0.543. The lowest BCUT2D eigenvalue weighted by atomic mass is 10.2. The van der Waals surface area contributed by atoms with Crippen LogP contribution in [-0.2, 0) is 19.2 Å². The zero-order valence-electron chi connectivity index (χ0n) is 8.37. The van der Waals surface area contributed by atoms with Gasteiger partial charge in [-0.25, -0.2) is 9.13 Å². The third-order valence-corrected chi connectivity index (χ3v) is 8.33. The molecule has 0 bridgehead atoms. The van der Waals surface area contributed by atoms with Crippen molar-refractivity contribution in [3.8, 4) is 0 Å². The van der Waals surface area contributed by atoms with Crippen molar-refractivity contribution >= 4 is 35.8 Å². The molecular formula is C7H10O6P2S2. The predicted molar refractivity (Wildman–Crippen MR) is 68.3 cm³/mol. The van der Waals surface area contributed by atoms with Crippen LogP contribution in [0.3, 0.4) is 0 Å². The highest BCUT2D eigenvalue weighted by molar-refractivity contribution is 8.98. The molecule has 1 rings (SSSR count). The van der Waals surface area contributed by atoms with E-state index in [0.717, 1.165) is 16.4 Å². The molecular weight excluding hydrogens is 306 g/mol. The normalized spacial score (nSPS) is 15.5. The SMILES string of the molecule is O=P(O)(O)OP(=O)(O)SSCc1ccccc1. The molecule has 1 aromatic rings. The van der Waals surface area contributed by atoms with E-state index in [1.54, 1.807) is 0 Å². The second-order valence-electron chi connectivity index (χ2n) is 2.86. The Morgan fingerprint density at radius 2 is 1.71 bits per heavy atom. The summed E-state index contributed by atoms with van der Waals surface area (Å²) in [5.41, 5.74) is 0.932. The van der Waals surface area contributed by atoms with Crippen LogP contribution >= 0.6 is 35.8 Å². The van der Waals surface area contributed by atoms with Crippen LogP contribution in [0.5, 0.6) is 0 Å². The molecule has 10 heteroatoms. The molecule has 0 aliphatic carbocycles. The van der Waals surface area contributed by atoms with Crippen LogP contribution in [0.1, 0.15) is 5.56 Å². The summed E-state index contributed by atoms with van der Waals surface area (Å²) < 4.78 is 25.4. The monoisotopic (exact) mass is 316 g/mol. The molecule has 3 N–H and O–H groups in total. The van der Waals surface area contributed by atoms with Gasteiger partial charge in [-0.15, -0.1) is 0 Å². The molecule has 1 atom stereocenters. The summed E-state index contributed by atoms with van der Waals surface area (Å²) in [6.07, 6.45) is 0. The fourth-order valence-electron chi connectivity index (χ4n) is 0.883. The largest absolute Gasteiger partial charge is 0.477 e. The number of benzene rings is 1. The molecule has 96 valence electrons. The maximum Gasteiger partial charge on any atom is 0.477 e. The van der Waals surface area contributed by atoms with Gasteiger partial charge in [-0.05, 0) is 5.56 Å². The fraction of sp³-hybridized carbons (Fsp3) is 0.143. The lowest BCUT2D eigenvalue weighted by Crippen LogP contribution is -1.83. The number of hydrogen-bond donors (Lipinski definition) is 3. The Kier molecular flexibility index (Phi) is 5.76. The van der Waals surface area contributed by atoms with E-state index in [1.165, 1.54) is 0 Å². The number of phosphoric acid groups is 1. The first-order valence-corrected chi connectivity index (χ1v) is 10.3. The highest BCUT2D eigenvalue weighted by Crippen LogP contribution is 2.68. The Bertz CT molecular complexity index is 447. The van der Waals surface area contributed by atoms with Gasteiger partial charge in [-0.1, -0.05) is 41.1 Å². The van der Waals surface area contributed by atoms with Crippen molar-refractivity contribution in [3.05, 3.63) is 35.9 Å². The van der Waals surface area contributed by atoms with E-state index in [0.29, 0.717) is 16.2 Å². The van der Waals surface area contributed by atoms with Crippen LogP contribution in [-0.4, -0.2) is 14.7 Å². The third kappa shape index (κ3) is 7.28. The Hall–Kier alpha value is 0.220. The summed E-state index contributed by atoms with van der Waals surface area (Å²) in [5.74, 6) is 0.431. The zero-order valence-corrected chi connectivity index (χ0v) is 11.8. The third-order valence-electron chi connectivity index (χ3n) is 1.42. The minimum atomic E-state index is -4.95. The van der Waals surface area contributed by atoms with Crippen LogP contribution in [0.15, 0.2) is 30.3 Å². The van der Waals surface area contributed by atoms with Gasteiger partial charge < -0.3 is 14.7 Å². The minimum absolute atomic E-state index is 0.414. The summed E-state index contributed by atoms with van der Waals surface area (Å²) in [6.45, 7) is -4.33. The fourth-order valence-corrected chi connectivity index (χ4v) is 6.98. The van der Waals surface area contributed by atoms with Gasteiger partial charge in [0, 0.05) is 16.2 Å². The predicted octanol–water partition coefficient (Wildman–Crippen LogP) is 2.78. The smallest absolute Gasteiger partial charge is 0.316 e. The molecule has 0 aromatic heterocycles. The molecule has 0 spiro atoms. The van der Waals surface area contributed by atoms with Crippen LogP contribution in [0.4, 0.5) is 0 Å². The number of rotatable bonds is 6. The summed E-state index contributed by atoms with van der Waals surface area (Å²) in [6, 6.07) is 9.16. The highest BCUT2D eigenvalue weighted by atomic mass is 33.3. The molecule has 0 amide bonds. The zero-order chi connectivity index (χ0) is 12.9. The second-order valence-corrected chi connectivity index (χ2v) is 9.99. The molecule has 0 aliphatic rings. The van der Waals surface area contributed by atoms with Crippen LogP contribution < -0.4 is 0 Å². The Morgan fingerprint density at radius 1 is 1.12 bits per heavy atom. The molecule has 17 heavy (non-hydrogen) atoms. The van der Waals surface area contributed by atoms with Crippen molar-refractivity contribution in [2.45, 2.75) is 5.75 Å². The molecule has 1 unspecified atom stereocenters. The van der Waals surface area contributed by atoms with E-state index in [4.69, 9.17) is 14.7 Å². The van der Waals surface area contributed by atoms with Gasteiger partial charge >= 0.3 is 14.6 Å². The lowest BCUT2D eigenvalue weighted by Gasteiger charge is -2.10. The van der Waals surface area contributed by atoms with Gasteiger partial charge in [0.2, 0.25) is 0 Å². The van der Waals surface area contributed by atoms with Gasteiger partial charge in [-0.3, -0.25) is 0 Å². The van der Waals surface area contributed by atoms with Gasteiger partial charge in [0.1, 0.15) is 0 Å².